The average Bonchev–Trinajstić information content (AvgIpc) is 2.41. The van der Waals surface area contributed by atoms with Crippen LogP contribution in [-0.4, -0.2) is 36.0 Å². The van der Waals surface area contributed by atoms with Crippen molar-refractivity contribution in [3.8, 4) is 0 Å². The molecular formula is C13H14ClN2NaO5S. The molecule has 23 heavy (non-hydrogen) atoms. The third-order valence-electron chi connectivity index (χ3n) is 2.97. The van der Waals surface area contributed by atoms with Crippen molar-refractivity contribution < 1.29 is 52.1 Å². The normalized spacial score (nSPS) is 18.0. The summed E-state index contributed by atoms with van der Waals surface area (Å²) in [5.74, 6) is 0. The summed E-state index contributed by atoms with van der Waals surface area (Å²) in [6, 6.07) is 6.74. The van der Waals surface area contributed by atoms with Gasteiger partial charge in [0.2, 0.25) is 0 Å². The van der Waals surface area contributed by atoms with Gasteiger partial charge >= 0.3 is 35.6 Å². The third kappa shape index (κ3) is 5.46. The summed E-state index contributed by atoms with van der Waals surface area (Å²) in [4.78, 5) is 12.5. The molecule has 0 saturated heterocycles. The number of aryl methyl sites for hydroxylation is 1. The largest absolute Gasteiger partial charge is 1.00 e. The fourth-order valence-corrected chi connectivity index (χ4v) is 3.34. The number of carbonyl (C=O) groups is 1. The van der Waals surface area contributed by atoms with Gasteiger partial charge in [-0.15, -0.1) is 0 Å². The Hall–Kier alpha value is -0.610. The molecule has 0 aromatic heterocycles. The first-order chi connectivity index (χ1) is 10.3. The zero-order chi connectivity index (χ0) is 16.3. The smallest absolute Gasteiger partial charge is 0.746 e. The Bertz CT molecular complexity index is 710. The molecular weight excluding hydrogens is 355 g/mol. The van der Waals surface area contributed by atoms with Crippen molar-refractivity contribution in [2.45, 2.75) is 18.9 Å². The number of ether oxygens (including phenoxy) is 1. The van der Waals surface area contributed by atoms with E-state index in [4.69, 9.17) is 16.3 Å². The van der Waals surface area contributed by atoms with E-state index in [1.807, 2.05) is 31.2 Å². The minimum Gasteiger partial charge on any atom is -0.746 e. The fraction of sp³-hybridized carbons (Fsp3) is 0.308. The molecule has 2 rings (SSSR count). The summed E-state index contributed by atoms with van der Waals surface area (Å²) in [5.41, 5.74) is 1.91. The molecule has 1 heterocycles. The minimum atomic E-state index is -4.82. The van der Waals surface area contributed by atoms with Crippen LogP contribution in [0, 0.1) is 6.92 Å². The molecule has 0 bridgehead atoms. The van der Waals surface area contributed by atoms with Crippen LogP contribution in [0.15, 0.2) is 35.5 Å². The predicted octanol–water partition coefficient (Wildman–Crippen LogP) is -1.55. The van der Waals surface area contributed by atoms with E-state index in [0.717, 1.165) is 22.2 Å². The summed E-state index contributed by atoms with van der Waals surface area (Å²) in [6.45, 7) is 1.71. The topological polar surface area (TPSA) is 98.8 Å². The zero-order valence-corrected chi connectivity index (χ0v) is 16.2. The molecule has 1 aliphatic rings. The number of nitrogens with zero attached hydrogens (tertiary/aromatic N) is 1. The van der Waals surface area contributed by atoms with Crippen LogP contribution >= 0.6 is 11.6 Å². The van der Waals surface area contributed by atoms with Crippen molar-refractivity contribution in [1.29, 1.82) is 0 Å². The molecule has 0 fully saturated rings. The van der Waals surface area contributed by atoms with E-state index >= 15 is 0 Å². The average molecular weight is 369 g/mol. The van der Waals surface area contributed by atoms with Gasteiger partial charge in [-0.2, -0.15) is 0 Å². The molecule has 7 nitrogen and oxygen atoms in total. The van der Waals surface area contributed by atoms with E-state index in [-0.39, 0.29) is 47.9 Å². The Labute approximate surface area is 161 Å². The minimum absolute atomic E-state index is 0. The van der Waals surface area contributed by atoms with Crippen molar-refractivity contribution in [3.05, 3.63) is 46.6 Å². The molecule has 1 aromatic rings. The summed E-state index contributed by atoms with van der Waals surface area (Å²) >= 11 is 5.71. The van der Waals surface area contributed by atoms with Crippen LogP contribution in [0.1, 0.15) is 11.1 Å². The van der Waals surface area contributed by atoms with E-state index in [1.54, 1.807) is 0 Å². The molecule has 120 valence electrons. The summed E-state index contributed by atoms with van der Waals surface area (Å²) in [6.07, 6.45) is 0.987. The first-order valence-corrected chi connectivity index (χ1v) is 8.14. The van der Waals surface area contributed by atoms with E-state index in [1.165, 1.54) is 0 Å². The second-order valence-corrected chi connectivity index (χ2v) is 6.63. The first-order valence-electron chi connectivity index (χ1n) is 6.30. The Morgan fingerprint density at radius 2 is 2.13 bits per heavy atom. The van der Waals surface area contributed by atoms with E-state index < -0.39 is 21.5 Å². The molecule has 0 radical (unpaired) electrons. The number of hydrogen-bond donors (Lipinski definition) is 1. The number of benzene rings is 1. The standard InChI is InChI=1S/C13H15ClN2O5S.Na/c1-9-3-2-4-10(5-9)7-21-8-16-12(22(18,19)20)11(14)6-15-13(16)17;/h2-6,12H,7-8H2,1H3,(H,15,17)(H,18,19,20);/q;+1/p-1. The SMILES string of the molecule is Cc1cccc(COCN2C(=O)NC=C(Cl)C2S(=O)(=O)[O-])c1.[Na+]. The Morgan fingerprint density at radius 1 is 1.43 bits per heavy atom. The molecule has 1 N–H and O–H groups in total. The molecule has 1 aromatic carbocycles. The summed E-state index contributed by atoms with van der Waals surface area (Å²) in [7, 11) is -4.82. The molecule has 10 heteroatoms. The third-order valence-corrected chi connectivity index (χ3v) is 4.47. The van der Waals surface area contributed by atoms with Gasteiger partial charge in [0, 0.05) is 6.20 Å². The van der Waals surface area contributed by atoms with Crippen LogP contribution in [0.2, 0.25) is 0 Å². The van der Waals surface area contributed by atoms with Crippen LogP contribution in [0.5, 0.6) is 0 Å². The maximum atomic E-state index is 11.7. The molecule has 0 saturated carbocycles. The van der Waals surface area contributed by atoms with Crippen molar-refractivity contribution in [1.82, 2.24) is 10.2 Å². The summed E-state index contributed by atoms with van der Waals surface area (Å²) < 4.78 is 39.2. The van der Waals surface area contributed by atoms with E-state index in [2.05, 4.69) is 5.32 Å². The van der Waals surface area contributed by atoms with Crippen LogP contribution in [0.25, 0.3) is 0 Å². The molecule has 0 aliphatic carbocycles. The van der Waals surface area contributed by atoms with Gasteiger partial charge in [-0.3, -0.25) is 4.90 Å². The maximum Gasteiger partial charge on any atom is 1.00 e. The number of nitrogens with one attached hydrogen (secondary N) is 1. The van der Waals surface area contributed by atoms with Gasteiger partial charge in [0.05, 0.1) is 11.6 Å². The van der Waals surface area contributed by atoms with Gasteiger partial charge in [0.1, 0.15) is 16.8 Å². The van der Waals surface area contributed by atoms with Gasteiger partial charge in [0.15, 0.2) is 5.37 Å². The fourth-order valence-electron chi connectivity index (χ4n) is 2.02. The van der Waals surface area contributed by atoms with E-state index in [9.17, 15) is 17.8 Å². The number of hydrogen-bond acceptors (Lipinski definition) is 5. The van der Waals surface area contributed by atoms with Crippen molar-refractivity contribution in [2.24, 2.45) is 0 Å². The maximum absolute atomic E-state index is 11.7. The molecule has 1 atom stereocenters. The monoisotopic (exact) mass is 368 g/mol. The van der Waals surface area contributed by atoms with Gasteiger partial charge in [-0.1, -0.05) is 41.4 Å². The Morgan fingerprint density at radius 3 is 2.74 bits per heavy atom. The second kappa shape index (κ2) is 8.48. The summed E-state index contributed by atoms with van der Waals surface area (Å²) in [5, 5.41) is 0.190. The Balaban J connectivity index is 0.00000264. The van der Waals surface area contributed by atoms with Crippen molar-refractivity contribution in [3.63, 3.8) is 0 Å². The molecule has 1 aliphatic heterocycles. The van der Waals surface area contributed by atoms with Crippen LogP contribution in [0.3, 0.4) is 0 Å². The molecule has 0 spiro atoms. The van der Waals surface area contributed by atoms with Crippen LogP contribution < -0.4 is 34.9 Å². The predicted molar refractivity (Wildman–Crippen MR) is 78.6 cm³/mol. The van der Waals surface area contributed by atoms with Crippen molar-refractivity contribution >= 4 is 27.8 Å². The van der Waals surface area contributed by atoms with Gasteiger partial charge in [-0.05, 0) is 12.5 Å². The number of carbonyl (C=O) groups excluding carboxylic acids is 1. The van der Waals surface area contributed by atoms with E-state index in [0.29, 0.717) is 0 Å². The van der Waals surface area contributed by atoms with Crippen molar-refractivity contribution in [2.75, 3.05) is 6.73 Å². The molecule has 2 amide bonds. The molecule has 1 unspecified atom stereocenters. The number of halogens is 1. The second-order valence-electron chi connectivity index (χ2n) is 4.76. The van der Waals surface area contributed by atoms with Gasteiger partial charge < -0.3 is 14.6 Å². The number of rotatable bonds is 5. The number of amides is 2. The van der Waals surface area contributed by atoms with Crippen LogP contribution in [0.4, 0.5) is 4.79 Å². The Kier molecular flexibility index (Phi) is 7.53. The zero-order valence-electron chi connectivity index (χ0n) is 12.7. The number of urea groups is 1. The van der Waals surface area contributed by atoms with Gasteiger partial charge in [0.25, 0.3) is 0 Å². The van der Waals surface area contributed by atoms with Gasteiger partial charge in [-0.25, -0.2) is 13.2 Å². The first kappa shape index (κ1) is 20.4. The van der Waals surface area contributed by atoms with Crippen LogP contribution in [-0.2, 0) is 21.5 Å². The quantitative estimate of drug-likeness (QED) is 0.501.